The Morgan fingerprint density at radius 1 is 0.923 bits per heavy atom. The molecule has 0 aliphatic rings. The van der Waals surface area contributed by atoms with Crippen LogP contribution in [0.1, 0.15) is 24.5 Å². The van der Waals surface area contributed by atoms with E-state index < -0.39 is 12.1 Å². The number of aliphatic carboxylic acids is 1. The first kappa shape index (κ1) is 29.6. The van der Waals surface area contributed by atoms with Crippen LogP contribution in [0.15, 0.2) is 78.9 Å². The van der Waals surface area contributed by atoms with Gasteiger partial charge in [0.2, 0.25) is 0 Å². The Bertz CT molecular complexity index is 1140. The Kier molecular flexibility index (Phi) is 12.2. The zero-order valence-corrected chi connectivity index (χ0v) is 22.1. The number of rotatable bonds is 16. The Labute approximate surface area is 228 Å². The van der Waals surface area contributed by atoms with Crippen LogP contribution < -0.4 is 10.1 Å². The molecular formula is C30H35FN2O6. The minimum Gasteiger partial charge on any atom is -0.492 e. The second-order valence-corrected chi connectivity index (χ2v) is 8.79. The number of hydrogen-bond acceptors (Lipinski definition) is 5. The van der Waals surface area contributed by atoms with E-state index in [1.54, 1.807) is 36.1 Å². The van der Waals surface area contributed by atoms with Gasteiger partial charge in [0.25, 0.3) is 0 Å². The van der Waals surface area contributed by atoms with Crippen molar-refractivity contribution in [3.05, 3.63) is 95.8 Å². The average molecular weight is 539 g/mol. The molecule has 0 saturated carbocycles. The molecule has 2 amide bonds. The molecule has 2 N–H and O–H groups in total. The first-order valence-corrected chi connectivity index (χ1v) is 12.9. The minimum atomic E-state index is -0.998. The van der Waals surface area contributed by atoms with E-state index in [4.69, 9.17) is 14.2 Å². The highest BCUT2D eigenvalue weighted by molar-refractivity contribution is 5.89. The van der Waals surface area contributed by atoms with E-state index >= 15 is 0 Å². The van der Waals surface area contributed by atoms with Crippen LogP contribution in [0.25, 0.3) is 0 Å². The lowest BCUT2D eigenvalue weighted by Crippen LogP contribution is -2.39. The monoisotopic (exact) mass is 538 g/mol. The highest BCUT2D eigenvalue weighted by atomic mass is 19.1. The summed E-state index contributed by atoms with van der Waals surface area (Å²) in [6.45, 7) is 4.07. The lowest BCUT2D eigenvalue weighted by molar-refractivity contribution is -0.149. The third-order valence-corrected chi connectivity index (χ3v) is 5.83. The summed E-state index contributed by atoms with van der Waals surface area (Å²) in [4.78, 5) is 25.9. The molecule has 1 unspecified atom stereocenters. The van der Waals surface area contributed by atoms with Crippen molar-refractivity contribution >= 4 is 17.7 Å². The van der Waals surface area contributed by atoms with Gasteiger partial charge in [-0.1, -0.05) is 42.5 Å². The molecule has 3 aromatic carbocycles. The molecule has 0 aliphatic carbocycles. The maximum absolute atomic E-state index is 13.2. The number of halogens is 1. The van der Waals surface area contributed by atoms with E-state index in [0.717, 1.165) is 11.1 Å². The van der Waals surface area contributed by atoms with E-state index in [1.165, 1.54) is 24.3 Å². The second-order valence-electron chi connectivity index (χ2n) is 8.79. The van der Waals surface area contributed by atoms with Crippen molar-refractivity contribution in [1.29, 1.82) is 0 Å². The summed E-state index contributed by atoms with van der Waals surface area (Å²) < 4.78 is 30.1. The minimum absolute atomic E-state index is 0.248. The van der Waals surface area contributed by atoms with Gasteiger partial charge in [-0.3, -0.25) is 0 Å². The van der Waals surface area contributed by atoms with E-state index in [2.05, 4.69) is 5.32 Å². The number of carbonyl (C=O) groups excluding carboxylic acids is 1. The lowest BCUT2D eigenvalue weighted by Gasteiger charge is -2.23. The topological polar surface area (TPSA) is 97.3 Å². The van der Waals surface area contributed by atoms with Gasteiger partial charge >= 0.3 is 12.0 Å². The molecule has 0 heterocycles. The third kappa shape index (κ3) is 10.7. The molecule has 0 fully saturated rings. The number of amides is 2. The highest BCUT2D eigenvalue weighted by Crippen LogP contribution is 2.15. The van der Waals surface area contributed by atoms with E-state index in [-0.39, 0.29) is 24.9 Å². The molecule has 0 aromatic heterocycles. The van der Waals surface area contributed by atoms with E-state index in [9.17, 15) is 19.1 Å². The molecule has 1 atom stereocenters. The van der Waals surface area contributed by atoms with Gasteiger partial charge in [0.15, 0.2) is 6.10 Å². The molecule has 39 heavy (non-hydrogen) atoms. The third-order valence-electron chi connectivity index (χ3n) is 5.83. The number of nitrogens with one attached hydrogen (secondary N) is 1. The van der Waals surface area contributed by atoms with Crippen molar-refractivity contribution < 1.29 is 33.3 Å². The molecule has 3 aromatic rings. The number of carboxylic acid groups (broad SMARTS) is 1. The van der Waals surface area contributed by atoms with Crippen molar-refractivity contribution in [3.63, 3.8) is 0 Å². The first-order chi connectivity index (χ1) is 18.9. The van der Waals surface area contributed by atoms with Crippen molar-refractivity contribution in [3.8, 4) is 5.75 Å². The summed E-state index contributed by atoms with van der Waals surface area (Å²) in [5.74, 6) is -0.773. The normalized spacial score (nSPS) is 11.5. The van der Waals surface area contributed by atoms with Crippen molar-refractivity contribution in [2.45, 2.75) is 32.5 Å². The van der Waals surface area contributed by atoms with Crippen molar-refractivity contribution in [2.75, 3.05) is 38.2 Å². The summed E-state index contributed by atoms with van der Waals surface area (Å²) in [5, 5.41) is 12.1. The number of hydrogen-bond donors (Lipinski definition) is 2. The van der Waals surface area contributed by atoms with Crippen LogP contribution in [-0.4, -0.2) is 61.0 Å². The van der Waals surface area contributed by atoms with Gasteiger partial charge < -0.3 is 29.5 Å². The van der Waals surface area contributed by atoms with Crippen LogP contribution in [0.3, 0.4) is 0 Å². The summed E-state index contributed by atoms with van der Waals surface area (Å²) in [5.41, 5.74) is 2.40. The largest absolute Gasteiger partial charge is 0.492 e. The first-order valence-electron chi connectivity index (χ1n) is 12.9. The second kappa shape index (κ2) is 16.1. The number of anilines is 1. The molecule has 9 heteroatoms. The van der Waals surface area contributed by atoms with Gasteiger partial charge in [0.05, 0.1) is 13.2 Å². The predicted molar refractivity (Wildman–Crippen MR) is 146 cm³/mol. The van der Waals surface area contributed by atoms with Crippen LogP contribution in [0.2, 0.25) is 0 Å². The number of benzene rings is 3. The predicted octanol–water partition coefficient (Wildman–Crippen LogP) is 5.38. The molecular weight excluding hydrogens is 503 g/mol. The number of nitrogens with zero attached hydrogens (tertiary/aromatic N) is 1. The number of ether oxygens (including phenoxy) is 3. The molecule has 0 bridgehead atoms. The summed E-state index contributed by atoms with van der Waals surface area (Å²) in [7, 11) is 0. The molecule has 3 rings (SSSR count). The Balaban J connectivity index is 1.50. The fraction of sp³-hybridized carbons (Fsp3) is 0.333. The van der Waals surface area contributed by atoms with Crippen LogP contribution in [0.5, 0.6) is 5.75 Å². The number of urea groups is 1. The molecule has 8 nitrogen and oxygen atoms in total. The van der Waals surface area contributed by atoms with E-state index in [1.807, 2.05) is 30.3 Å². The smallest absolute Gasteiger partial charge is 0.333 e. The maximum atomic E-state index is 13.2. The van der Waals surface area contributed by atoms with Gasteiger partial charge in [-0.15, -0.1) is 0 Å². The summed E-state index contributed by atoms with van der Waals surface area (Å²) in [6.07, 6.45) is -0.0117. The molecule has 0 saturated heterocycles. The standard InChI is InChI=1S/C30H35FN2O6/c1-2-38-28(29(34)35)21-23-9-15-27(16-10-23)39-20-18-33(30(36)32-26-13-11-25(31)12-14-26)17-6-19-37-22-24-7-4-3-5-8-24/h3-5,7-16,28H,2,6,17-22H2,1H3,(H,32,36)(H,34,35). The van der Waals surface area contributed by atoms with Crippen LogP contribution in [-0.2, 0) is 27.3 Å². The fourth-order valence-corrected chi connectivity index (χ4v) is 3.80. The van der Waals surface area contributed by atoms with Crippen LogP contribution in [0, 0.1) is 5.82 Å². The zero-order valence-electron chi connectivity index (χ0n) is 22.1. The highest BCUT2D eigenvalue weighted by Gasteiger charge is 2.18. The number of carboxylic acids is 1. The number of carbonyl (C=O) groups is 2. The Morgan fingerprint density at radius 3 is 2.31 bits per heavy atom. The average Bonchev–Trinajstić information content (AvgIpc) is 2.94. The van der Waals surface area contributed by atoms with Crippen molar-refractivity contribution in [1.82, 2.24) is 4.90 Å². The molecule has 0 aliphatic heterocycles. The van der Waals surface area contributed by atoms with Gasteiger partial charge in [0, 0.05) is 31.9 Å². The Hall–Kier alpha value is -3.95. The summed E-state index contributed by atoms with van der Waals surface area (Å²) in [6, 6.07) is 22.3. The van der Waals surface area contributed by atoms with Gasteiger partial charge in [-0.2, -0.15) is 0 Å². The zero-order chi connectivity index (χ0) is 27.9. The van der Waals surface area contributed by atoms with Crippen molar-refractivity contribution in [2.24, 2.45) is 0 Å². The fourth-order valence-electron chi connectivity index (χ4n) is 3.80. The molecule has 0 spiro atoms. The maximum Gasteiger partial charge on any atom is 0.333 e. The van der Waals surface area contributed by atoms with Gasteiger partial charge in [0.1, 0.15) is 18.2 Å². The SMILES string of the molecule is CCOC(Cc1ccc(OCCN(CCCOCc2ccccc2)C(=O)Nc2ccc(F)cc2)cc1)C(=O)O. The summed E-state index contributed by atoms with van der Waals surface area (Å²) >= 11 is 0. The molecule has 0 radical (unpaired) electrons. The quantitative estimate of drug-likeness (QED) is 0.238. The van der Waals surface area contributed by atoms with Crippen LogP contribution in [0.4, 0.5) is 14.9 Å². The molecule has 208 valence electrons. The van der Waals surface area contributed by atoms with Crippen LogP contribution >= 0.6 is 0 Å². The van der Waals surface area contributed by atoms with Gasteiger partial charge in [-0.25, -0.2) is 14.0 Å². The van der Waals surface area contributed by atoms with E-state index in [0.29, 0.717) is 50.8 Å². The Morgan fingerprint density at radius 2 is 1.64 bits per heavy atom. The lowest BCUT2D eigenvalue weighted by atomic mass is 10.1. The van der Waals surface area contributed by atoms with Gasteiger partial charge in [-0.05, 0) is 60.9 Å².